The van der Waals surface area contributed by atoms with Gasteiger partial charge in [-0.3, -0.25) is 4.79 Å². The standard InChI is InChI=1S/C14H15N3O5S/c18-13(12-11-9(7-23-12)20-4-5-21-11)15-6-10-16-14(22-17-10)8-2-1-3-19-8/h7-8H,1-6H2,(H,15,18). The number of amides is 1. The second-order valence-corrected chi connectivity index (χ2v) is 6.07. The van der Waals surface area contributed by atoms with Crippen molar-refractivity contribution in [3.63, 3.8) is 0 Å². The first-order chi connectivity index (χ1) is 11.3. The van der Waals surface area contributed by atoms with E-state index in [-0.39, 0.29) is 18.6 Å². The zero-order valence-corrected chi connectivity index (χ0v) is 13.1. The highest BCUT2D eigenvalue weighted by molar-refractivity contribution is 7.12. The minimum absolute atomic E-state index is 0.123. The van der Waals surface area contributed by atoms with Crippen LogP contribution in [0.3, 0.4) is 0 Å². The normalized spacial score (nSPS) is 19.7. The van der Waals surface area contributed by atoms with Crippen LogP contribution in [0, 0.1) is 0 Å². The van der Waals surface area contributed by atoms with Crippen LogP contribution in [0.1, 0.15) is 40.3 Å². The molecule has 0 bridgehead atoms. The van der Waals surface area contributed by atoms with Crippen LogP contribution < -0.4 is 14.8 Å². The molecule has 9 heteroatoms. The van der Waals surface area contributed by atoms with Gasteiger partial charge in [-0.15, -0.1) is 11.3 Å². The summed E-state index contributed by atoms with van der Waals surface area (Å²) in [7, 11) is 0. The summed E-state index contributed by atoms with van der Waals surface area (Å²) in [5.41, 5.74) is 0. The summed E-state index contributed by atoms with van der Waals surface area (Å²) in [6, 6.07) is 0. The lowest BCUT2D eigenvalue weighted by Crippen LogP contribution is -2.24. The summed E-state index contributed by atoms with van der Waals surface area (Å²) in [5, 5.41) is 8.40. The van der Waals surface area contributed by atoms with E-state index in [1.165, 1.54) is 11.3 Å². The van der Waals surface area contributed by atoms with Crippen LogP contribution in [-0.2, 0) is 11.3 Å². The number of aromatic nitrogens is 2. The van der Waals surface area contributed by atoms with Gasteiger partial charge < -0.3 is 24.1 Å². The molecule has 0 saturated carbocycles. The van der Waals surface area contributed by atoms with E-state index in [2.05, 4.69) is 15.5 Å². The maximum Gasteiger partial charge on any atom is 0.265 e. The molecule has 4 rings (SSSR count). The Labute approximate surface area is 135 Å². The van der Waals surface area contributed by atoms with Crippen LogP contribution in [0.15, 0.2) is 9.90 Å². The summed E-state index contributed by atoms with van der Waals surface area (Å²) in [4.78, 5) is 17.0. The molecule has 2 aliphatic rings. The average molecular weight is 337 g/mol. The molecule has 1 atom stereocenters. The Bertz CT molecular complexity index is 707. The van der Waals surface area contributed by atoms with Gasteiger partial charge in [-0.2, -0.15) is 4.98 Å². The molecule has 0 aliphatic carbocycles. The van der Waals surface area contributed by atoms with E-state index in [9.17, 15) is 4.79 Å². The van der Waals surface area contributed by atoms with Crippen molar-refractivity contribution in [2.24, 2.45) is 0 Å². The van der Waals surface area contributed by atoms with E-state index < -0.39 is 0 Å². The van der Waals surface area contributed by atoms with Crippen LogP contribution in [0.25, 0.3) is 0 Å². The Morgan fingerprint density at radius 3 is 3.13 bits per heavy atom. The van der Waals surface area contributed by atoms with Gasteiger partial charge >= 0.3 is 0 Å². The third-order valence-corrected chi connectivity index (χ3v) is 4.54. The van der Waals surface area contributed by atoms with Crippen LogP contribution >= 0.6 is 11.3 Å². The van der Waals surface area contributed by atoms with E-state index in [1.54, 1.807) is 5.38 Å². The zero-order valence-electron chi connectivity index (χ0n) is 12.2. The number of fused-ring (bicyclic) bond motifs is 1. The molecule has 2 aromatic heterocycles. The van der Waals surface area contributed by atoms with Crippen molar-refractivity contribution in [3.8, 4) is 11.5 Å². The lowest BCUT2D eigenvalue weighted by Gasteiger charge is -2.15. The second kappa shape index (κ2) is 6.17. The van der Waals surface area contributed by atoms with E-state index >= 15 is 0 Å². The van der Waals surface area contributed by atoms with Crippen LogP contribution in [-0.4, -0.2) is 35.9 Å². The Balaban J connectivity index is 1.39. The van der Waals surface area contributed by atoms with Crippen molar-refractivity contribution in [1.82, 2.24) is 15.5 Å². The summed E-state index contributed by atoms with van der Waals surface area (Å²) in [6.45, 7) is 1.84. The highest BCUT2D eigenvalue weighted by Crippen LogP contribution is 2.39. The highest BCUT2D eigenvalue weighted by Gasteiger charge is 2.25. The molecule has 122 valence electrons. The maximum absolute atomic E-state index is 12.3. The minimum atomic E-state index is -0.245. The van der Waals surface area contributed by atoms with Gasteiger partial charge in [0.25, 0.3) is 11.8 Å². The first-order valence-corrected chi connectivity index (χ1v) is 8.28. The molecular formula is C14H15N3O5S. The molecule has 2 aliphatic heterocycles. The number of ether oxygens (including phenoxy) is 3. The van der Waals surface area contributed by atoms with Crippen LogP contribution in [0.2, 0.25) is 0 Å². The van der Waals surface area contributed by atoms with Gasteiger partial charge in [0.15, 0.2) is 17.3 Å². The quantitative estimate of drug-likeness (QED) is 0.907. The fraction of sp³-hybridized carbons (Fsp3) is 0.500. The third-order valence-electron chi connectivity index (χ3n) is 3.60. The molecule has 1 saturated heterocycles. The molecular weight excluding hydrogens is 322 g/mol. The molecule has 2 aromatic rings. The number of hydrogen-bond acceptors (Lipinski definition) is 8. The van der Waals surface area contributed by atoms with E-state index in [0.29, 0.717) is 47.9 Å². The topological polar surface area (TPSA) is 95.7 Å². The summed E-state index contributed by atoms with van der Waals surface area (Å²) < 4.78 is 21.6. The van der Waals surface area contributed by atoms with E-state index in [1.807, 2.05) is 0 Å². The fourth-order valence-corrected chi connectivity index (χ4v) is 3.35. The molecule has 1 amide bonds. The number of thiophene rings is 1. The SMILES string of the molecule is O=C(NCc1noc(C2CCCO2)n1)c1scc2c1OCCO2. The monoisotopic (exact) mass is 337 g/mol. The molecule has 4 heterocycles. The smallest absolute Gasteiger partial charge is 0.265 e. The van der Waals surface area contributed by atoms with Crippen molar-refractivity contribution >= 4 is 17.2 Å². The summed E-state index contributed by atoms with van der Waals surface area (Å²) in [6.07, 6.45) is 1.75. The van der Waals surface area contributed by atoms with Gasteiger partial charge in [-0.25, -0.2) is 0 Å². The number of nitrogens with one attached hydrogen (secondary N) is 1. The number of hydrogen-bond donors (Lipinski definition) is 1. The van der Waals surface area contributed by atoms with Crippen molar-refractivity contribution in [3.05, 3.63) is 22.0 Å². The van der Waals surface area contributed by atoms with Gasteiger partial charge in [0, 0.05) is 12.0 Å². The molecule has 0 radical (unpaired) electrons. The van der Waals surface area contributed by atoms with E-state index in [4.69, 9.17) is 18.7 Å². The number of carbonyl (C=O) groups excluding carboxylic acids is 1. The zero-order chi connectivity index (χ0) is 15.6. The first kappa shape index (κ1) is 14.5. The largest absolute Gasteiger partial charge is 0.485 e. The van der Waals surface area contributed by atoms with Crippen LogP contribution in [0.4, 0.5) is 0 Å². The third kappa shape index (κ3) is 2.89. The molecule has 23 heavy (non-hydrogen) atoms. The van der Waals surface area contributed by atoms with Gasteiger partial charge in [0.1, 0.15) is 24.2 Å². The Hall–Kier alpha value is -2.13. The predicted molar refractivity (Wildman–Crippen MR) is 78.7 cm³/mol. The minimum Gasteiger partial charge on any atom is -0.485 e. The van der Waals surface area contributed by atoms with Gasteiger partial charge in [-0.05, 0) is 12.8 Å². The summed E-state index contributed by atoms with van der Waals surface area (Å²) >= 11 is 1.29. The lowest BCUT2D eigenvalue weighted by molar-refractivity contribution is 0.0835. The molecule has 8 nitrogen and oxygen atoms in total. The highest BCUT2D eigenvalue weighted by atomic mass is 32.1. The molecule has 0 aromatic carbocycles. The maximum atomic E-state index is 12.3. The van der Waals surface area contributed by atoms with Crippen molar-refractivity contribution in [1.29, 1.82) is 0 Å². The van der Waals surface area contributed by atoms with Crippen molar-refractivity contribution in [2.75, 3.05) is 19.8 Å². The lowest BCUT2D eigenvalue weighted by atomic mass is 10.2. The summed E-state index contributed by atoms with van der Waals surface area (Å²) in [5.74, 6) is 1.77. The first-order valence-electron chi connectivity index (χ1n) is 7.40. The van der Waals surface area contributed by atoms with Crippen molar-refractivity contribution < 1.29 is 23.5 Å². The number of rotatable bonds is 4. The molecule has 1 fully saturated rings. The Morgan fingerprint density at radius 1 is 1.35 bits per heavy atom. The van der Waals surface area contributed by atoms with Crippen molar-refractivity contribution in [2.45, 2.75) is 25.5 Å². The van der Waals surface area contributed by atoms with Gasteiger partial charge in [0.05, 0.1) is 6.54 Å². The number of carbonyl (C=O) groups is 1. The molecule has 0 spiro atoms. The Kier molecular flexibility index (Phi) is 3.88. The number of nitrogens with zero attached hydrogens (tertiary/aromatic N) is 2. The van der Waals surface area contributed by atoms with E-state index in [0.717, 1.165) is 12.8 Å². The molecule has 1 N–H and O–H groups in total. The Morgan fingerprint density at radius 2 is 2.26 bits per heavy atom. The fourth-order valence-electron chi connectivity index (χ4n) is 2.50. The predicted octanol–water partition coefficient (Wildman–Crippen LogP) is 1.68. The second-order valence-electron chi connectivity index (χ2n) is 5.19. The van der Waals surface area contributed by atoms with Gasteiger partial charge in [-0.1, -0.05) is 5.16 Å². The van der Waals surface area contributed by atoms with Gasteiger partial charge in [0.2, 0.25) is 0 Å². The molecule has 1 unspecified atom stereocenters. The average Bonchev–Trinajstić information content (AvgIpc) is 3.31. The van der Waals surface area contributed by atoms with Crippen LogP contribution in [0.5, 0.6) is 11.5 Å².